The minimum absolute atomic E-state index is 0.294. The summed E-state index contributed by atoms with van der Waals surface area (Å²) in [4.78, 5) is 16.5. The lowest BCUT2D eigenvalue weighted by atomic mass is 9.92. The molecule has 98 valence electrons. The normalized spacial score (nSPS) is 29.1. The second-order valence-corrected chi connectivity index (χ2v) is 5.16. The Hall–Kier alpha value is -0.610. The molecule has 2 aliphatic heterocycles. The van der Waals surface area contributed by atoms with Crippen molar-refractivity contribution in [1.82, 2.24) is 15.1 Å². The summed E-state index contributed by atoms with van der Waals surface area (Å²) in [6.07, 6.45) is 2.57. The third-order valence-electron chi connectivity index (χ3n) is 4.25. The zero-order chi connectivity index (χ0) is 12.3. The molecule has 0 aliphatic carbocycles. The van der Waals surface area contributed by atoms with Gasteiger partial charge in [-0.15, -0.1) is 0 Å². The second-order valence-electron chi connectivity index (χ2n) is 5.16. The van der Waals surface area contributed by atoms with Crippen molar-refractivity contribution in [2.24, 2.45) is 5.92 Å². The van der Waals surface area contributed by atoms with Crippen LogP contribution in [0.1, 0.15) is 26.7 Å². The number of carbonyl (C=O) groups excluding carboxylic acids is 1. The van der Waals surface area contributed by atoms with Crippen LogP contribution in [0.5, 0.6) is 0 Å². The minimum Gasteiger partial charge on any atom is -0.342 e. The number of likely N-dealkylation sites (N-methyl/N-ethyl adjacent to an activating group) is 1. The number of piperidine rings is 1. The average molecular weight is 239 g/mol. The smallest absolute Gasteiger partial charge is 0.236 e. The summed E-state index contributed by atoms with van der Waals surface area (Å²) in [6, 6.07) is 0.600. The highest BCUT2D eigenvalue weighted by molar-refractivity contribution is 5.78. The first-order valence-electron chi connectivity index (χ1n) is 6.98. The molecule has 4 nitrogen and oxygen atoms in total. The number of likely N-dealkylation sites (tertiary alicyclic amines) is 1. The first kappa shape index (κ1) is 12.8. The number of amides is 1. The maximum atomic E-state index is 12.1. The van der Waals surface area contributed by atoms with Gasteiger partial charge in [-0.3, -0.25) is 9.69 Å². The van der Waals surface area contributed by atoms with Crippen molar-refractivity contribution >= 4 is 5.91 Å². The molecule has 0 spiro atoms. The van der Waals surface area contributed by atoms with Crippen LogP contribution in [-0.2, 0) is 4.79 Å². The van der Waals surface area contributed by atoms with Crippen molar-refractivity contribution in [3.05, 3.63) is 0 Å². The standard InChI is InChI=1S/C13H25N3O/c1-3-15(4-2)13(17)10-16-7-5-6-11-8-14-9-12(11)16/h11-12,14H,3-10H2,1-2H3. The molecule has 2 saturated heterocycles. The Kier molecular flexibility index (Phi) is 4.40. The largest absolute Gasteiger partial charge is 0.342 e. The molecule has 17 heavy (non-hydrogen) atoms. The summed E-state index contributed by atoms with van der Waals surface area (Å²) in [5.41, 5.74) is 0. The summed E-state index contributed by atoms with van der Waals surface area (Å²) in [6.45, 7) is 9.68. The zero-order valence-corrected chi connectivity index (χ0v) is 11.1. The van der Waals surface area contributed by atoms with Crippen molar-refractivity contribution < 1.29 is 4.79 Å². The van der Waals surface area contributed by atoms with E-state index >= 15 is 0 Å². The van der Waals surface area contributed by atoms with Crippen LogP contribution in [0, 0.1) is 5.92 Å². The van der Waals surface area contributed by atoms with Gasteiger partial charge in [-0.1, -0.05) is 0 Å². The number of nitrogens with one attached hydrogen (secondary N) is 1. The van der Waals surface area contributed by atoms with Gasteiger partial charge >= 0.3 is 0 Å². The van der Waals surface area contributed by atoms with Gasteiger partial charge in [-0.05, 0) is 45.7 Å². The number of hydrogen-bond acceptors (Lipinski definition) is 3. The Morgan fingerprint density at radius 1 is 1.35 bits per heavy atom. The van der Waals surface area contributed by atoms with Gasteiger partial charge < -0.3 is 10.2 Å². The maximum Gasteiger partial charge on any atom is 0.236 e. The lowest BCUT2D eigenvalue weighted by Crippen LogP contribution is -2.50. The van der Waals surface area contributed by atoms with E-state index in [0.717, 1.165) is 38.6 Å². The van der Waals surface area contributed by atoms with Crippen LogP contribution >= 0.6 is 0 Å². The molecular weight excluding hydrogens is 214 g/mol. The van der Waals surface area contributed by atoms with Crippen molar-refractivity contribution in [3.8, 4) is 0 Å². The number of carbonyl (C=O) groups is 1. The first-order valence-corrected chi connectivity index (χ1v) is 6.98. The topological polar surface area (TPSA) is 35.6 Å². The first-order chi connectivity index (χ1) is 8.26. The molecule has 0 bridgehead atoms. The minimum atomic E-state index is 0.294. The highest BCUT2D eigenvalue weighted by Gasteiger charge is 2.35. The van der Waals surface area contributed by atoms with E-state index in [1.54, 1.807) is 0 Å². The zero-order valence-electron chi connectivity index (χ0n) is 11.1. The molecule has 1 N–H and O–H groups in total. The average Bonchev–Trinajstić information content (AvgIpc) is 2.80. The molecule has 0 aromatic carbocycles. The molecule has 2 aliphatic rings. The number of rotatable bonds is 4. The summed E-state index contributed by atoms with van der Waals surface area (Å²) in [5.74, 6) is 1.07. The Morgan fingerprint density at radius 2 is 2.12 bits per heavy atom. The van der Waals surface area contributed by atoms with E-state index in [0.29, 0.717) is 18.5 Å². The molecule has 0 radical (unpaired) electrons. The van der Waals surface area contributed by atoms with E-state index in [4.69, 9.17) is 0 Å². The van der Waals surface area contributed by atoms with Crippen LogP contribution in [-0.4, -0.2) is 61.0 Å². The van der Waals surface area contributed by atoms with E-state index in [2.05, 4.69) is 24.1 Å². The number of nitrogens with zero attached hydrogens (tertiary/aromatic N) is 2. The van der Waals surface area contributed by atoms with E-state index in [1.807, 2.05) is 4.90 Å². The summed E-state index contributed by atoms with van der Waals surface area (Å²) >= 11 is 0. The molecule has 2 atom stereocenters. The van der Waals surface area contributed by atoms with Gasteiger partial charge in [0.2, 0.25) is 5.91 Å². The fraction of sp³-hybridized carbons (Fsp3) is 0.923. The van der Waals surface area contributed by atoms with Crippen LogP contribution in [0.2, 0.25) is 0 Å². The Balaban J connectivity index is 1.91. The molecule has 1 amide bonds. The number of hydrogen-bond donors (Lipinski definition) is 1. The van der Waals surface area contributed by atoms with Crippen LogP contribution in [0.25, 0.3) is 0 Å². The van der Waals surface area contributed by atoms with E-state index in [9.17, 15) is 4.79 Å². The van der Waals surface area contributed by atoms with Gasteiger partial charge in [-0.25, -0.2) is 0 Å². The Morgan fingerprint density at radius 3 is 2.82 bits per heavy atom. The SMILES string of the molecule is CCN(CC)C(=O)CN1CCCC2CNCC21. The summed E-state index contributed by atoms with van der Waals surface area (Å²) in [5, 5.41) is 3.46. The van der Waals surface area contributed by atoms with Gasteiger partial charge in [0.15, 0.2) is 0 Å². The van der Waals surface area contributed by atoms with E-state index in [1.165, 1.54) is 12.8 Å². The van der Waals surface area contributed by atoms with Crippen LogP contribution in [0.4, 0.5) is 0 Å². The molecule has 2 fully saturated rings. The summed E-state index contributed by atoms with van der Waals surface area (Å²) < 4.78 is 0. The molecule has 0 saturated carbocycles. The van der Waals surface area contributed by atoms with Gasteiger partial charge in [0.1, 0.15) is 0 Å². The second kappa shape index (κ2) is 5.83. The van der Waals surface area contributed by atoms with Crippen molar-refractivity contribution in [2.45, 2.75) is 32.7 Å². The van der Waals surface area contributed by atoms with Crippen molar-refractivity contribution in [2.75, 3.05) is 39.3 Å². The Labute approximate surface area is 104 Å². The highest BCUT2D eigenvalue weighted by Crippen LogP contribution is 2.26. The monoisotopic (exact) mass is 239 g/mol. The molecule has 4 heteroatoms. The summed E-state index contributed by atoms with van der Waals surface area (Å²) in [7, 11) is 0. The molecule has 2 unspecified atom stereocenters. The molecular formula is C13H25N3O. The van der Waals surface area contributed by atoms with Crippen molar-refractivity contribution in [3.63, 3.8) is 0 Å². The third-order valence-corrected chi connectivity index (χ3v) is 4.25. The lowest BCUT2D eigenvalue weighted by molar-refractivity contribution is -0.133. The third kappa shape index (κ3) is 2.80. The maximum absolute atomic E-state index is 12.1. The molecule has 0 aromatic heterocycles. The van der Waals surface area contributed by atoms with Crippen LogP contribution in [0.15, 0.2) is 0 Å². The quantitative estimate of drug-likeness (QED) is 0.778. The molecule has 2 heterocycles. The van der Waals surface area contributed by atoms with Crippen LogP contribution < -0.4 is 5.32 Å². The molecule has 2 rings (SSSR count). The van der Waals surface area contributed by atoms with Crippen molar-refractivity contribution in [1.29, 1.82) is 0 Å². The van der Waals surface area contributed by atoms with Crippen LogP contribution in [0.3, 0.4) is 0 Å². The molecule has 0 aromatic rings. The van der Waals surface area contributed by atoms with Gasteiger partial charge in [-0.2, -0.15) is 0 Å². The lowest BCUT2D eigenvalue weighted by Gasteiger charge is -2.37. The van der Waals surface area contributed by atoms with E-state index in [-0.39, 0.29) is 0 Å². The predicted octanol–water partition coefficient (Wildman–Crippen LogP) is 0.539. The number of fused-ring (bicyclic) bond motifs is 1. The van der Waals surface area contributed by atoms with Gasteiger partial charge in [0, 0.05) is 25.7 Å². The Bertz CT molecular complexity index is 265. The van der Waals surface area contributed by atoms with E-state index < -0.39 is 0 Å². The predicted molar refractivity (Wildman–Crippen MR) is 68.9 cm³/mol. The fourth-order valence-corrected chi connectivity index (χ4v) is 3.21. The fourth-order valence-electron chi connectivity index (χ4n) is 3.21. The highest BCUT2D eigenvalue weighted by atomic mass is 16.2. The van der Waals surface area contributed by atoms with Gasteiger partial charge in [0.25, 0.3) is 0 Å². The van der Waals surface area contributed by atoms with Gasteiger partial charge in [0.05, 0.1) is 6.54 Å².